The minimum Gasteiger partial charge on any atom is -0.362 e. The topological polar surface area (TPSA) is 15.3 Å². The van der Waals surface area contributed by atoms with E-state index >= 15 is 0 Å². The Morgan fingerprint density at radius 2 is 1.90 bits per heavy atom. The molecule has 0 heterocycles. The predicted molar refractivity (Wildman–Crippen MR) is 81.7 cm³/mol. The number of benzene rings is 1. The van der Waals surface area contributed by atoms with E-state index in [9.17, 15) is 13.2 Å². The Hall–Kier alpha value is -1.23. The van der Waals surface area contributed by atoms with Gasteiger partial charge in [0.2, 0.25) is 0 Å². The molecule has 0 saturated heterocycles. The Morgan fingerprint density at radius 1 is 1.24 bits per heavy atom. The molecule has 0 aliphatic rings. The number of nitrogens with one attached hydrogen (secondary N) is 1. The average Bonchev–Trinajstić information content (AvgIpc) is 2.34. The van der Waals surface area contributed by atoms with Gasteiger partial charge >= 0.3 is 6.18 Å². The van der Waals surface area contributed by atoms with E-state index in [4.69, 9.17) is 0 Å². The van der Waals surface area contributed by atoms with Gasteiger partial charge in [-0.25, -0.2) is 0 Å². The highest BCUT2D eigenvalue weighted by atomic mass is 19.4. The molecule has 0 unspecified atom stereocenters. The smallest absolute Gasteiger partial charge is 0.362 e. The third-order valence-corrected chi connectivity index (χ3v) is 3.14. The zero-order valence-electron chi connectivity index (χ0n) is 13.2. The van der Waals surface area contributed by atoms with Crippen LogP contribution in [0.1, 0.15) is 38.3 Å². The summed E-state index contributed by atoms with van der Waals surface area (Å²) >= 11 is 0. The Labute approximate surface area is 125 Å². The van der Waals surface area contributed by atoms with E-state index in [1.807, 2.05) is 39.8 Å². The van der Waals surface area contributed by atoms with Crippen molar-refractivity contribution in [2.24, 2.45) is 0 Å². The number of hydrogen-bond donors (Lipinski definition) is 1. The van der Waals surface area contributed by atoms with E-state index in [0.717, 1.165) is 11.1 Å². The molecule has 1 aromatic carbocycles. The number of hydrogen-bond acceptors (Lipinski definition) is 2. The molecule has 21 heavy (non-hydrogen) atoms. The Kier molecular flexibility index (Phi) is 6.52. The van der Waals surface area contributed by atoms with Gasteiger partial charge in [0, 0.05) is 24.8 Å². The fourth-order valence-corrected chi connectivity index (χ4v) is 2.25. The van der Waals surface area contributed by atoms with Crippen molar-refractivity contribution in [2.45, 2.75) is 52.9 Å². The van der Waals surface area contributed by atoms with Gasteiger partial charge in [-0.3, -0.25) is 0 Å². The minimum atomic E-state index is -4.19. The Bertz CT molecular complexity index is 442. The van der Waals surface area contributed by atoms with Gasteiger partial charge in [0.25, 0.3) is 0 Å². The maximum absolute atomic E-state index is 12.8. The van der Waals surface area contributed by atoms with Crippen molar-refractivity contribution in [1.82, 2.24) is 5.32 Å². The second kappa shape index (κ2) is 7.69. The molecule has 1 N–H and O–H groups in total. The first-order valence-corrected chi connectivity index (χ1v) is 7.37. The zero-order chi connectivity index (χ0) is 16.0. The van der Waals surface area contributed by atoms with Gasteiger partial charge in [0.05, 0.1) is 0 Å². The summed E-state index contributed by atoms with van der Waals surface area (Å²) in [5, 5.41) is 3.28. The number of anilines is 1. The second-order valence-electron chi connectivity index (χ2n) is 5.70. The number of rotatable bonds is 7. The lowest BCUT2D eigenvalue weighted by Gasteiger charge is -2.28. The van der Waals surface area contributed by atoms with Crippen molar-refractivity contribution in [3.63, 3.8) is 0 Å². The van der Waals surface area contributed by atoms with Gasteiger partial charge in [-0.15, -0.1) is 0 Å². The highest BCUT2D eigenvalue weighted by molar-refractivity contribution is 5.55. The lowest BCUT2D eigenvalue weighted by Crippen LogP contribution is -2.36. The third kappa shape index (κ3) is 6.38. The van der Waals surface area contributed by atoms with Crippen molar-refractivity contribution in [3.05, 3.63) is 29.3 Å². The number of nitrogens with zero attached hydrogens (tertiary/aromatic N) is 1. The van der Waals surface area contributed by atoms with Crippen molar-refractivity contribution in [3.8, 4) is 0 Å². The summed E-state index contributed by atoms with van der Waals surface area (Å²) in [6, 6.07) is 5.92. The molecular formula is C16H25F3N2. The molecule has 0 radical (unpaired) electrons. The molecule has 0 aromatic heterocycles. The monoisotopic (exact) mass is 302 g/mol. The third-order valence-electron chi connectivity index (χ3n) is 3.14. The first kappa shape index (κ1) is 17.8. The standard InChI is InChI=1S/C16H25F3N2/c1-5-8-21(11-16(17,18)19)15-7-6-13(4)9-14(15)10-20-12(2)3/h6-7,9,12,20H,5,8,10-11H2,1-4H3. The first-order valence-electron chi connectivity index (χ1n) is 7.37. The molecule has 0 saturated carbocycles. The summed E-state index contributed by atoms with van der Waals surface area (Å²) in [6.45, 7) is 7.97. The van der Waals surface area contributed by atoms with E-state index in [2.05, 4.69) is 5.32 Å². The van der Waals surface area contributed by atoms with Gasteiger partial charge in [-0.1, -0.05) is 38.5 Å². The lowest BCUT2D eigenvalue weighted by molar-refractivity contribution is -0.119. The molecule has 0 atom stereocenters. The first-order chi connectivity index (χ1) is 9.73. The van der Waals surface area contributed by atoms with E-state index in [0.29, 0.717) is 31.2 Å². The largest absolute Gasteiger partial charge is 0.405 e. The molecule has 0 bridgehead atoms. The number of aryl methyl sites for hydroxylation is 1. The van der Waals surface area contributed by atoms with Gasteiger partial charge < -0.3 is 10.2 Å². The molecule has 5 heteroatoms. The minimum absolute atomic E-state index is 0.292. The number of alkyl halides is 3. The summed E-state index contributed by atoms with van der Waals surface area (Å²) in [5.41, 5.74) is 2.65. The Balaban J connectivity index is 3.05. The molecule has 0 fully saturated rings. The van der Waals surface area contributed by atoms with Crippen LogP contribution in [0.5, 0.6) is 0 Å². The molecular weight excluding hydrogens is 277 g/mol. The van der Waals surface area contributed by atoms with Gasteiger partial charge in [-0.2, -0.15) is 13.2 Å². The fourth-order valence-electron chi connectivity index (χ4n) is 2.25. The van der Waals surface area contributed by atoms with E-state index in [1.165, 1.54) is 4.90 Å². The summed E-state index contributed by atoms with van der Waals surface area (Å²) in [7, 11) is 0. The quantitative estimate of drug-likeness (QED) is 0.809. The van der Waals surface area contributed by atoms with Crippen LogP contribution in [0, 0.1) is 6.92 Å². The maximum Gasteiger partial charge on any atom is 0.405 e. The molecule has 1 rings (SSSR count). The summed E-state index contributed by atoms with van der Waals surface area (Å²) in [4.78, 5) is 1.43. The van der Waals surface area contributed by atoms with Crippen LogP contribution in [0.15, 0.2) is 18.2 Å². The van der Waals surface area contributed by atoms with Gasteiger partial charge in [-0.05, 0) is 25.0 Å². The van der Waals surface area contributed by atoms with Crippen LogP contribution >= 0.6 is 0 Å². The van der Waals surface area contributed by atoms with Crippen LogP contribution < -0.4 is 10.2 Å². The van der Waals surface area contributed by atoms with Crippen LogP contribution in [-0.2, 0) is 6.54 Å². The van der Waals surface area contributed by atoms with E-state index < -0.39 is 12.7 Å². The maximum atomic E-state index is 12.8. The van der Waals surface area contributed by atoms with Crippen LogP contribution in [-0.4, -0.2) is 25.3 Å². The van der Waals surface area contributed by atoms with Crippen LogP contribution in [0.3, 0.4) is 0 Å². The molecule has 0 amide bonds. The van der Waals surface area contributed by atoms with Gasteiger partial charge in [0.15, 0.2) is 0 Å². The Morgan fingerprint density at radius 3 is 2.43 bits per heavy atom. The van der Waals surface area contributed by atoms with Crippen molar-refractivity contribution >= 4 is 5.69 Å². The number of halogens is 3. The van der Waals surface area contributed by atoms with Crippen LogP contribution in [0.2, 0.25) is 0 Å². The highest BCUT2D eigenvalue weighted by Crippen LogP contribution is 2.26. The summed E-state index contributed by atoms with van der Waals surface area (Å²) in [6.07, 6.45) is -3.51. The molecule has 0 spiro atoms. The van der Waals surface area contributed by atoms with Crippen molar-refractivity contribution in [1.29, 1.82) is 0 Å². The predicted octanol–water partition coefficient (Wildman–Crippen LogP) is 4.27. The fraction of sp³-hybridized carbons (Fsp3) is 0.625. The zero-order valence-corrected chi connectivity index (χ0v) is 13.2. The normalized spacial score (nSPS) is 12.0. The average molecular weight is 302 g/mol. The van der Waals surface area contributed by atoms with Crippen molar-refractivity contribution < 1.29 is 13.2 Å². The molecule has 0 aliphatic heterocycles. The van der Waals surface area contributed by atoms with E-state index in [-0.39, 0.29) is 0 Å². The molecule has 1 aromatic rings. The van der Waals surface area contributed by atoms with Crippen LogP contribution in [0.4, 0.5) is 18.9 Å². The second-order valence-corrected chi connectivity index (χ2v) is 5.70. The summed E-state index contributed by atoms with van der Waals surface area (Å²) in [5.74, 6) is 0. The van der Waals surface area contributed by atoms with Gasteiger partial charge in [0.1, 0.15) is 6.54 Å². The lowest BCUT2D eigenvalue weighted by atomic mass is 10.1. The van der Waals surface area contributed by atoms with E-state index in [1.54, 1.807) is 6.07 Å². The van der Waals surface area contributed by atoms with Crippen molar-refractivity contribution in [2.75, 3.05) is 18.0 Å². The van der Waals surface area contributed by atoms with Crippen LogP contribution in [0.25, 0.3) is 0 Å². The SMILES string of the molecule is CCCN(CC(F)(F)F)c1ccc(C)cc1CNC(C)C. The molecule has 120 valence electrons. The molecule has 2 nitrogen and oxygen atoms in total. The highest BCUT2D eigenvalue weighted by Gasteiger charge is 2.31. The summed E-state index contributed by atoms with van der Waals surface area (Å²) < 4.78 is 38.3. The molecule has 0 aliphatic carbocycles.